The largest absolute Gasteiger partial charge is 0.496 e. The van der Waals surface area contributed by atoms with Crippen molar-refractivity contribution in [3.8, 4) is 11.5 Å². The number of hydrogen-bond donors (Lipinski definition) is 3. The summed E-state index contributed by atoms with van der Waals surface area (Å²) < 4.78 is 51.6. The summed E-state index contributed by atoms with van der Waals surface area (Å²) in [7, 11) is -0.842. The Morgan fingerprint density at radius 1 is 1.10 bits per heavy atom. The average molecular weight is 881 g/mol. The Labute approximate surface area is 363 Å². The number of fused-ring (bicyclic) bond motifs is 3. The monoisotopic (exact) mass is 880 g/mol. The number of benzene rings is 1. The third-order valence-electron chi connectivity index (χ3n) is 13.0. The van der Waals surface area contributed by atoms with Crippen LogP contribution in [0.3, 0.4) is 0 Å². The molecular formula is C44H60N6O11S. The quantitative estimate of drug-likeness (QED) is 0.273. The number of cyclic esters (lactones) is 1. The molecule has 17 nitrogen and oxygen atoms in total. The number of rotatable bonds is 10. The van der Waals surface area contributed by atoms with Gasteiger partial charge in [-0.2, -0.15) is 0 Å². The minimum Gasteiger partial charge on any atom is -0.496 e. The number of carbonyl (C=O) groups excluding carboxylic acids is 5. The van der Waals surface area contributed by atoms with Crippen LogP contribution in [-0.2, 0) is 40.3 Å². The lowest BCUT2D eigenvalue weighted by Gasteiger charge is -2.35. The first-order valence-electron chi connectivity index (χ1n) is 21.8. The van der Waals surface area contributed by atoms with Crippen molar-refractivity contribution >= 4 is 56.7 Å². The van der Waals surface area contributed by atoms with Gasteiger partial charge in [0.25, 0.3) is 5.91 Å². The Morgan fingerprint density at radius 3 is 2.50 bits per heavy atom. The normalized spacial score (nSPS) is 26.8. The van der Waals surface area contributed by atoms with E-state index < -0.39 is 80.2 Å². The highest BCUT2D eigenvalue weighted by molar-refractivity contribution is 7.91. The molecule has 1 aromatic heterocycles. The zero-order chi connectivity index (χ0) is 44.6. The molecule has 3 N–H and O–H groups in total. The van der Waals surface area contributed by atoms with E-state index in [9.17, 15) is 27.6 Å². The molecule has 0 radical (unpaired) electrons. The number of aryl methyl sites for hydroxylation is 1. The molecule has 1 aromatic carbocycles. The van der Waals surface area contributed by atoms with Crippen LogP contribution >= 0.6 is 0 Å². The van der Waals surface area contributed by atoms with E-state index in [1.54, 1.807) is 26.2 Å². The lowest BCUT2D eigenvalue weighted by Crippen LogP contribution is -2.59. The number of pyridine rings is 1. The van der Waals surface area contributed by atoms with Crippen molar-refractivity contribution in [2.75, 3.05) is 38.8 Å². The van der Waals surface area contributed by atoms with E-state index in [-0.39, 0.29) is 44.3 Å². The van der Waals surface area contributed by atoms with E-state index in [1.807, 2.05) is 19.9 Å². The summed E-state index contributed by atoms with van der Waals surface area (Å²) >= 11 is 0. The van der Waals surface area contributed by atoms with Gasteiger partial charge < -0.3 is 34.5 Å². The van der Waals surface area contributed by atoms with Crippen LogP contribution in [0.25, 0.3) is 10.9 Å². The van der Waals surface area contributed by atoms with Gasteiger partial charge in [0.2, 0.25) is 21.8 Å². The summed E-state index contributed by atoms with van der Waals surface area (Å²) in [6, 6.07) is 3.12. The van der Waals surface area contributed by atoms with E-state index in [0.29, 0.717) is 60.9 Å². The third-order valence-corrected chi connectivity index (χ3v) is 14.8. The second-order valence-corrected chi connectivity index (χ2v) is 20.2. The van der Waals surface area contributed by atoms with Gasteiger partial charge >= 0.3 is 12.2 Å². The third kappa shape index (κ3) is 9.59. The van der Waals surface area contributed by atoms with Crippen molar-refractivity contribution in [3.05, 3.63) is 36.4 Å². The smallest absolute Gasteiger partial charge is 0.415 e. The molecule has 3 saturated carbocycles. The van der Waals surface area contributed by atoms with E-state index >= 15 is 4.79 Å². The number of hydrogen-bond acceptors (Lipinski definition) is 12. The topological polar surface area (TPSA) is 212 Å². The molecule has 1 saturated heterocycles. The molecule has 7 rings (SSSR count). The van der Waals surface area contributed by atoms with E-state index in [0.717, 1.165) is 31.2 Å². The number of amides is 5. The highest BCUT2D eigenvalue weighted by atomic mass is 32.2. The van der Waals surface area contributed by atoms with Gasteiger partial charge in [-0.05, 0) is 81.3 Å². The zero-order valence-corrected chi connectivity index (χ0v) is 37.1. The molecule has 5 atom stereocenters. The minimum absolute atomic E-state index is 0.0275. The maximum atomic E-state index is 15.0. The van der Waals surface area contributed by atoms with Crippen molar-refractivity contribution < 1.29 is 51.3 Å². The molecule has 0 unspecified atom stereocenters. The van der Waals surface area contributed by atoms with Gasteiger partial charge in [0.15, 0.2) is 0 Å². The fraction of sp³-hybridized carbons (Fsp3) is 0.636. The number of alkyl carbamates (subject to hydrolysis) is 1. The van der Waals surface area contributed by atoms with Crippen LogP contribution in [0.2, 0.25) is 0 Å². The predicted molar refractivity (Wildman–Crippen MR) is 229 cm³/mol. The average Bonchev–Trinajstić information content (AvgIpc) is 4.18. The van der Waals surface area contributed by atoms with E-state index in [4.69, 9.17) is 23.9 Å². The maximum Gasteiger partial charge on any atom is 0.415 e. The highest BCUT2D eigenvalue weighted by Gasteiger charge is 2.62. The van der Waals surface area contributed by atoms with Crippen LogP contribution in [0, 0.1) is 17.3 Å². The van der Waals surface area contributed by atoms with Crippen LogP contribution < -0.4 is 29.7 Å². The number of anilines is 1. The molecule has 4 fully saturated rings. The van der Waals surface area contributed by atoms with Crippen molar-refractivity contribution in [3.63, 3.8) is 0 Å². The van der Waals surface area contributed by atoms with Crippen molar-refractivity contribution in [1.29, 1.82) is 0 Å². The van der Waals surface area contributed by atoms with Crippen LogP contribution in [0.4, 0.5) is 15.4 Å². The van der Waals surface area contributed by atoms with Gasteiger partial charge in [0.1, 0.15) is 41.0 Å². The van der Waals surface area contributed by atoms with Crippen molar-refractivity contribution in [2.24, 2.45) is 17.3 Å². The molecule has 62 heavy (non-hydrogen) atoms. The molecule has 5 amide bonds. The number of aromatic nitrogens is 1. The van der Waals surface area contributed by atoms with Crippen LogP contribution in [0.5, 0.6) is 11.5 Å². The van der Waals surface area contributed by atoms with Gasteiger partial charge in [0, 0.05) is 36.9 Å². The Morgan fingerprint density at radius 2 is 1.84 bits per heavy atom. The summed E-state index contributed by atoms with van der Waals surface area (Å²) in [5.41, 5.74) is -0.673. The number of nitrogens with one attached hydrogen (secondary N) is 3. The van der Waals surface area contributed by atoms with Crippen LogP contribution in [0.15, 0.2) is 30.9 Å². The maximum absolute atomic E-state index is 15.0. The molecule has 2 aromatic rings. The van der Waals surface area contributed by atoms with Gasteiger partial charge in [0.05, 0.1) is 37.6 Å². The zero-order valence-electron chi connectivity index (χ0n) is 36.3. The molecule has 0 spiro atoms. The Kier molecular flexibility index (Phi) is 13.0. The van der Waals surface area contributed by atoms with Gasteiger partial charge in [-0.3, -0.25) is 24.0 Å². The first-order chi connectivity index (χ1) is 29.5. The summed E-state index contributed by atoms with van der Waals surface area (Å²) in [6.07, 6.45) is 6.42. The summed E-state index contributed by atoms with van der Waals surface area (Å²) in [5, 5.41) is 5.68. The minimum atomic E-state index is -3.94. The van der Waals surface area contributed by atoms with E-state index in [2.05, 4.69) is 21.9 Å². The van der Waals surface area contributed by atoms with Gasteiger partial charge in [-0.15, -0.1) is 6.58 Å². The lowest BCUT2D eigenvalue weighted by atomic mass is 9.83. The van der Waals surface area contributed by atoms with Crippen LogP contribution in [-0.4, -0.2) is 111 Å². The Balaban J connectivity index is 1.29. The standard InChI is InChI=1S/C44H60N6O11S/c1-7-28-23-44(28,40(53)48-62(56,57)30-16-17-30)47-38(51)33-20-29-24-50(33)39(52)37(26-13-10-9-11-14-26)46-41(54)60-25-43(3,4)18-12-15-27-19-31-32(21-34(27)58-6)45-36(22-35(31)61-29)49(5)42(55)59-8-2/h7,19,21-22,26,28-30,33,37H,1,8-18,20,23-25H2,2-6H3,(H,46,54)(H,47,51)(H,48,53)/t28-,29+,33-,37-,44-/m0/s1. The summed E-state index contributed by atoms with van der Waals surface area (Å²) in [6.45, 7) is 9.69. The van der Waals surface area contributed by atoms with Crippen molar-refractivity contribution in [2.45, 2.75) is 127 Å². The number of nitrogens with zero attached hydrogens (tertiary/aromatic N) is 3. The van der Waals surface area contributed by atoms with E-state index in [1.165, 1.54) is 22.9 Å². The fourth-order valence-electron chi connectivity index (χ4n) is 9.08. The molecule has 18 heteroatoms. The second-order valence-electron chi connectivity index (χ2n) is 18.2. The molecule has 4 bridgehead atoms. The molecule has 5 aliphatic rings. The Bertz CT molecular complexity index is 2210. The first-order valence-corrected chi connectivity index (χ1v) is 23.4. The first kappa shape index (κ1) is 44.9. The molecule has 3 aliphatic carbocycles. The number of sulfonamides is 1. The highest BCUT2D eigenvalue weighted by Crippen LogP contribution is 2.46. The number of ether oxygens (including phenoxy) is 4. The van der Waals surface area contributed by atoms with Gasteiger partial charge in [-0.25, -0.2) is 23.0 Å². The second kappa shape index (κ2) is 17.9. The van der Waals surface area contributed by atoms with Crippen molar-refractivity contribution in [1.82, 2.24) is 25.2 Å². The summed E-state index contributed by atoms with van der Waals surface area (Å²) in [5.74, 6) is -1.68. The summed E-state index contributed by atoms with van der Waals surface area (Å²) in [4.78, 5) is 77.4. The van der Waals surface area contributed by atoms with Gasteiger partial charge in [-0.1, -0.05) is 39.2 Å². The molecule has 2 aliphatic heterocycles. The molecule has 338 valence electrons. The fourth-order valence-corrected chi connectivity index (χ4v) is 10.4. The molecular weight excluding hydrogens is 821 g/mol. The lowest BCUT2D eigenvalue weighted by molar-refractivity contribution is -0.142. The predicted octanol–water partition coefficient (Wildman–Crippen LogP) is 4.89. The number of methoxy groups -OCH3 is 1. The number of carbonyl (C=O) groups is 5. The van der Waals surface area contributed by atoms with Crippen LogP contribution in [0.1, 0.15) is 97.0 Å². The Hall–Kier alpha value is -5.13. The molecule has 3 heterocycles. The SMILES string of the molecule is C=C[C@H]1C[C@@]1(NC(=O)[C@@H]1C[C@@H]2CN1C(=O)[C@H](C1CCCCC1)NC(=O)OCC(C)(C)CCCc1cc3c(cc(N(C)C(=O)OCC)nc3cc1OC)O2)C(=O)NS(=O)(=O)C1CC1.